The number of nitrogens with zero attached hydrogens (tertiary/aromatic N) is 5. The molecular formula is C16H21N5OS. The number of aromatic nitrogens is 3. The van der Waals surface area contributed by atoms with Crippen LogP contribution in [0.25, 0.3) is 0 Å². The van der Waals surface area contributed by atoms with Crippen LogP contribution < -0.4 is 0 Å². The van der Waals surface area contributed by atoms with Crippen LogP contribution in [0.15, 0.2) is 17.6 Å². The van der Waals surface area contributed by atoms with Crippen LogP contribution in [0.1, 0.15) is 33.4 Å². The molecule has 1 aliphatic rings. The van der Waals surface area contributed by atoms with Gasteiger partial charge in [0.05, 0.1) is 10.7 Å². The van der Waals surface area contributed by atoms with Crippen LogP contribution in [0.4, 0.5) is 0 Å². The Bertz CT molecular complexity index is 687. The van der Waals surface area contributed by atoms with Gasteiger partial charge in [0.2, 0.25) is 0 Å². The molecule has 0 atom stereocenters. The molecule has 0 bridgehead atoms. The number of carbonyl (C=O) groups excluding carboxylic acids is 1. The molecule has 23 heavy (non-hydrogen) atoms. The van der Waals surface area contributed by atoms with Crippen molar-refractivity contribution in [2.75, 3.05) is 26.2 Å². The van der Waals surface area contributed by atoms with Crippen molar-refractivity contribution in [3.63, 3.8) is 0 Å². The van der Waals surface area contributed by atoms with Crippen LogP contribution in [0, 0.1) is 13.8 Å². The Morgan fingerprint density at radius 1 is 1.22 bits per heavy atom. The molecule has 0 aromatic carbocycles. The summed E-state index contributed by atoms with van der Waals surface area (Å²) in [6.07, 6.45) is 2.61. The highest BCUT2D eigenvalue weighted by Crippen LogP contribution is 2.13. The van der Waals surface area contributed by atoms with Gasteiger partial charge in [-0.05, 0) is 26.3 Å². The Morgan fingerprint density at radius 3 is 2.83 bits per heavy atom. The van der Waals surface area contributed by atoms with Crippen molar-refractivity contribution in [2.24, 2.45) is 0 Å². The number of hydrogen-bond acceptors (Lipinski definition) is 6. The first-order chi connectivity index (χ1) is 11.1. The van der Waals surface area contributed by atoms with Crippen molar-refractivity contribution in [3.05, 3.63) is 39.9 Å². The van der Waals surface area contributed by atoms with Crippen LogP contribution in [0.3, 0.4) is 0 Å². The fraction of sp³-hybridized carbons (Fsp3) is 0.500. The van der Waals surface area contributed by atoms with Gasteiger partial charge >= 0.3 is 0 Å². The third kappa shape index (κ3) is 4.11. The lowest BCUT2D eigenvalue weighted by molar-refractivity contribution is 0.0754. The summed E-state index contributed by atoms with van der Waals surface area (Å²) in [5, 5.41) is 3.22. The van der Waals surface area contributed by atoms with Crippen molar-refractivity contribution < 1.29 is 4.79 Å². The molecule has 0 radical (unpaired) electrons. The van der Waals surface area contributed by atoms with Crippen molar-refractivity contribution in [1.82, 2.24) is 24.8 Å². The first kappa shape index (κ1) is 16.0. The molecule has 0 N–H and O–H groups in total. The van der Waals surface area contributed by atoms with Gasteiger partial charge in [-0.15, -0.1) is 11.3 Å². The molecule has 1 amide bonds. The summed E-state index contributed by atoms with van der Waals surface area (Å²) in [6, 6.07) is 1.69. The van der Waals surface area contributed by atoms with Gasteiger partial charge in [0, 0.05) is 44.3 Å². The van der Waals surface area contributed by atoms with E-state index >= 15 is 0 Å². The summed E-state index contributed by atoms with van der Waals surface area (Å²) in [6.45, 7) is 8.05. The van der Waals surface area contributed by atoms with E-state index in [4.69, 9.17) is 0 Å². The summed E-state index contributed by atoms with van der Waals surface area (Å²) in [5.41, 5.74) is 1.61. The van der Waals surface area contributed by atoms with Crippen LogP contribution in [0.2, 0.25) is 0 Å². The summed E-state index contributed by atoms with van der Waals surface area (Å²) in [4.78, 5) is 29.7. The van der Waals surface area contributed by atoms with Gasteiger partial charge in [0.15, 0.2) is 0 Å². The Hall–Kier alpha value is -1.86. The van der Waals surface area contributed by atoms with Gasteiger partial charge in [0.1, 0.15) is 11.5 Å². The molecule has 6 nitrogen and oxygen atoms in total. The standard InChI is InChI=1S/C16H21N5OS/c1-12-17-5-4-15(18-12)16(22)21-7-3-6-20(8-9-21)10-14-11-23-13(2)19-14/h4-5,11H,3,6-10H2,1-2H3. The van der Waals surface area contributed by atoms with Crippen molar-refractivity contribution in [2.45, 2.75) is 26.8 Å². The average Bonchev–Trinajstić information content (AvgIpc) is 2.80. The summed E-state index contributed by atoms with van der Waals surface area (Å²) < 4.78 is 0. The molecule has 1 saturated heterocycles. The van der Waals surface area contributed by atoms with E-state index in [1.807, 2.05) is 11.8 Å². The molecule has 2 aromatic heterocycles. The zero-order chi connectivity index (χ0) is 16.2. The van der Waals surface area contributed by atoms with E-state index in [0.29, 0.717) is 11.5 Å². The number of hydrogen-bond donors (Lipinski definition) is 0. The molecule has 122 valence electrons. The highest BCUT2D eigenvalue weighted by molar-refractivity contribution is 7.09. The second-order valence-corrected chi connectivity index (χ2v) is 6.83. The Labute approximate surface area is 140 Å². The lowest BCUT2D eigenvalue weighted by Crippen LogP contribution is -2.35. The third-order valence-corrected chi connectivity index (χ3v) is 4.75. The van der Waals surface area contributed by atoms with Crippen molar-refractivity contribution in [1.29, 1.82) is 0 Å². The zero-order valence-electron chi connectivity index (χ0n) is 13.5. The van der Waals surface area contributed by atoms with Crippen LogP contribution >= 0.6 is 11.3 Å². The van der Waals surface area contributed by atoms with E-state index in [2.05, 4.69) is 25.2 Å². The first-order valence-corrected chi connectivity index (χ1v) is 8.72. The van der Waals surface area contributed by atoms with E-state index in [-0.39, 0.29) is 5.91 Å². The molecule has 0 aliphatic carbocycles. The van der Waals surface area contributed by atoms with Gasteiger partial charge in [-0.2, -0.15) is 0 Å². The molecule has 0 unspecified atom stereocenters. The maximum absolute atomic E-state index is 12.6. The minimum Gasteiger partial charge on any atom is -0.336 e. The normalized spacial score (nSPS) is 16.3. The molecular weight excluding hydrogens is 310 g/mol. The molecule has 1 aliphatic heterocycles. The summed E-state index contributed by atoms with van der Waals surface area (Å²) in [7, 11) is 0. The minimum atomic E-state index is 0.00172. The Morgan fingerprint density at radius 2 is 2.09 bits per heavy atom. The van der Waals surface area contributed by atoms with Crippen molar-refractivity contribution >= 4 is 17.2 Å². The smallest absolute Gasteiger partial charge is 0.272 e. The molecule has 1 fully saturated rings. The minimum absolute atomic E-state index is 0.00172. The van der Waals surface area contributed by atoms with Gasteiger partial charge in [-0.25, -0.2) is 15.0 Å². The Kier molecular flexibility index (Phi) is 4.97. The predicted molar refractivity (Wildman–Crippen MR) is 89.4 cm³/mol. The molecule has 0 spiro atoms. The number of aryl methyl sites for hydroxylation is 2. The quantitative estimate of drug-likeness (QED) is 0.859. The number of thiazole rings is 1. The first-order valence-electron chi connectivity index (χ1n) is 7.84. The number of amides is 1. The topological polar surface area (TPSA) is 62.2 Å². The largest absolute Gasteiger partial charge is 0.336 e. The molecule has 3 heterocycles. The van der Waals surface area contributed by atoms with E-state index in [0.717, 1.165) is 49.8 Å². The van der Waals surface area contributed by atoms with E-state index in [9.17, 15) is 4.79 Å². The van der Waals surface area contributed by atoms with Crippen LogP contribution in [-0.2, 0) is 6.54 Å². The van der Waals surface area contributed by atoms with Crippen molar-refractivity contribution in [3.8, 4) is 0 Å². The lowest BCUT2D eigenvalue weighted by Gasteiger charge is -2.21. The van der Waals surface area contributed by atoms with Gasteiger partial charge in [-0.1, -0.05) is 0 Å². The zero-order valence-corrected chi connectivity index (χ0v) is 14.3. The monoisotopic (exact) mass is 331 g/mol. The van der Waals surface area contributed by atoms with E-state index in [1.165, 1.54) is 0 Å². The SMILES string of the molecule is Cc1nccc(C(=O)N2CCCN(Cc3csc(C)n3)CC2)n1. The second kappa shape index (κ2) is 7.14. The molecule has 2 aromatic rings. The second-order valence-electron chi connectivity index (χ2n) is 5.77. The van der Waals surface area contributed by atoms with Crippen LogP contribution in [0.5, 0.6) is 0 Å². The average molecular weight is 331 g/mol. The summed E-state index contributed by atoms with van der Waals surface area (Å²) >= 11 is 1.69. The van der Waals surface area contributed by atoms with Gasteiger partial charge in [-0.3, -0.25) is 9.69 Å². The van der Waals surface area contributed by atoms with E-state index < -0.39 is 0 Å². The van der Waals surface area contributed by atoms with Gasteiger partial charge < -0.3 is 4.90 Å². The highest BCUT2D eigenvalue weighted by atomic mass is 32.1. The third-order valence-electron chi connectivity index (χ3n) is 3.92. The molecule has 0 saturated carbocycles. The van der Waals surface area contributed by atoms with Crippen LogP contribution in [-0.4, -0.2) is 56.8 Å². The maximum Gasteiger partial charge on any atom is 0.272 e. The molecule has 7 heteroatoms. The molecule has 3 rings (SSSR count). The number of carbonyl (C=O) groups is 1. The number of rotatable bonds is 3. The summed E-state index contributed by atoms with van der Waals surface area (Å²) in [5.74, 6) is 0.632. The fourth-order valence-electron chi connectivity index (χ4n) is 2.78. The lowest BCUT2D eigenvalue weighted by atomic mass is 10.3. The maximum atomic E-state index is 12.6. The highest BCUT2D eigenvalue weighted by Gasteiger charge is 2.21. The van der Waals surface area contributed by atoms with Gasteiger partial charge in [0.25, 0.3) is 5.91 Å². The Balaban J connectivity index is 1.60. The fourth-order valence-corrected chi connectivity index (χ4v) is 3.38. The van der Waals surface area contributed by atoms with E-state index in [1.54, 1.807) is 30.5 Å². The predicted octanol–water partition coefficient (Wildman–Crippen LogP) is 1.90.